The van der Waals surface area contributed by atoms with Crippen molar-refractivity contribution in [3.05, 3.63) is 83.1 Å². The monoisotopic (exact) mass is 337 g/mol. The highest BCUT2D eigenvalue weighted by Gasteiger charge is 2.04. The van der Waals surface area contributed by atoms with Gasteiger partial charge in [0.25, 0.3) is 0 Å². The summed E-state index contributed by atoms with van der Waals surface area (Å²) in [7, 11) is 0. The minimum atomic E-state index is -0.238. The van der Waals surface area contributed by atoms with Crippen LogP contribution in [0.5, 0.6) is 0 Å². The molecular formula is C20H16ClNO2. The molecule has 2 aromatic carbocycles. The van der Waals surface area contributed by atoms with Gasteiger partial charge in [-0.1, -0.05) is 48.0 Å². The Kier molecular flexibility index (Phi) is 4.82. The van der Waals surface area contributed by atoms with E-state index in [2.05, 4.69) is 5.32 Å². The number of benzene rings is 2. The molecular weight excluding hydrogens is 322 g/mol. The number of rotatable bonds is 4. The Morgan fingerprint density at radius 1 is 1.08 bits per heavy atom. The zero-order valence-corrected chi connectivity index (χ0v) is 13.9. The molecule has 0 radical (unpaired) electrons. The minimum absolute atomic E-state index is 0.238. The van der Waals surface area contributed by atoms with E-state index in [0.717, 1.165) is 16.9 Å². The van der Waals surface area contributed by atoms with E-state index in [1.54, 1.807) is 18.2 Å². The Bertz CT molecular complexity index is 882. The van der Waals surface area contributed by atoms with Crippen molar-refractivity contribution in [1.29, 1.82) is 0 Å². The van der Waals surface area contributed by atoms with Crippen molar-refractivity contribution in [1.82, 2.24) is 0 Å². The van der Waals surface area contributed by atoms with Crippen LogP contribution >= 0.6 is 11.6 Å². The standard InChI is InChI=1S/C20H16ClNO2/c1-14-7-8-16(21)13-18(14)22-20(23)12-10-17-9-11-19(24-17)15-5-3-2-4-6-15/h2-13H,1H3,(H,22,23)/b12-10+. The summed E-state index contributed by atoms with van der Waals surface area (Å²) in [6.07, 6.45) is 3.08. The van der Waals surface area contributed by atoms with Gasteiger partial charge in [0, 0.05) is 22.3 Å². The highest BCUT2D eigenvalue weighted by Crippen LogP contribution is 2.23. The first-order chi connectivity index (χ1) is 11.6. The van der Waals surface area contributed by atoms with Gasteiger partial charge in [0.15, 0.2) is 0 Å². The summed E-state index contributed by atoms with van der Waals surface area (Å²) in [6.45, 7) is 1.91. The van der Waals surface area contributed by atoms with E-state index in [1.165, 1.54) is 6.08 Å². The first-order valence-corrected chi connectivity index (χ1v) is 7.90. The van der Waals surface area contributed by atoms with Crippen LogP contribution in [-0.4, -0.2) is 5.91 Å². The fourth-order valence-electron chi connectivity index (χ4n) is 2.26. The van der Waals surface area contributed by atoms with Gasteiger partial charge in [-0.3, -0.25) is 4.79 Å². The first-order valence-electron chi connectivity index (χ1n) is 7.52. The number of aryl methyl sites for hydroxylation is 1. The van der Waals surface area contributed by atoms with Gasteiger partial charge in [-0.2, -0.15) is 0 Å². The Morgan fingerprint density at radius 2 is 1.88 bits per heavy atom. The zero-order valence-electron chi connectivity index (χ0n) is 13.1. The van der Waals surface area contributed by atoms with Gasteiger partial charge < -0.3 is 9.73 Å². The summed E-state index contributed by atoms with van der Waals surface area (Å²) >= 11 is 5.95. The van der Waals surface area contributed by atoms with Gasteiger partial charge in [0.1, 0.15) is 11.5 Å². The maximum Gasteiger partial charge on any atom is 0.248 e. The number of carbonyl (C=O) groups is 1. The third kappa shape index (κ3) is 3.94. The lowest BCUT2D eigenvalue weighted by Crippen LogP contribution is -2.08. The molecule has 0 unspecified atom stereocenters. The van der Waals surface area contributed by atoms with Crippen molar-refractivity contribution in [2.24, 2.45) is 0 Å². The van der Waals surface area contributed by atoms with Crippen LogP contribution in [0.25, 0.3) is 17.4 Å². The normalized spacial score (nSPS) is 10.9. The molecule has 3 rings (SSSR count). The third-order valence-corrected chi connectivity index (χ3v) is 3.78. The molecule has 1 N–H and O–H groups in total. The molecule has 1 aromatic heterocycles. The molecule has 120 valence electrons. The summed E-state index contributed by atoms with van der Waals surface area (Å²) < 4.78 is 5.73. The topological polar surface area (TPSA) is 42.2 Å². The molecule has 0 bridgehead atoms. The summed E-state index contributed by atoms with van der Waals surface area (Å²) in [5, 5.41) is 3.39. The van der Waals surface area contributed by atoms with E-state index in [0.29, 0.717) is 16.5 Å². The number of carbonyl (C=O) groups excluding carboxylic acids is 1. The van der Waals surface area contributed by atoms with Crippen LogP contribution in [0.1, 0.15) is 11.3 Å². The molecule has 1 heterocycles. The SMILES string of the molecule is Cc1ccc(Cl)cc1NC(=O)/C=C/c1ccc(-c2ccccc2)o1. The van der Waals surface area contributed by atoms with Crippen molar-refractivity contribution >= 4 is 29.3 Å². The van der Waals surface area contributed by atoms with Crippen LogP contribution in [0.15, 0.2) is 71.2 Å². The Morgan fingerprint density at radius 3 is 2.67 bits per heavy atom. The van der Waals surface area contributed by atoms with Crippen molar-refractivity contribution in [2.75, 3.05) is 5.32 Å². The summed E-state index contributed by atoms with van der Waals surface area (Å²) in [4.78, 5) is 12.0. The Labute approximate surface area is 145 Å². The van der Waals surface area contributed by atoms with Gasteiger partial charge in [-0.25, -0.2) is 0 Å². The number of hydrogen-bond acceptors (Lipinski definition) is 2. The molecule has 0 aliphatic carbocycles. The molecule has 1 amide bonds. The fourth-order valence-corrected chi connectivity index (χ4v) is 2.43. The van der Waals surface area contributed by atoms with Crippen molar-refractivity contribution in [3.63, 3.8) is 0 Å². The molecule has 0 atom stereocenters. The van der Waals surface area contributed by atoms with Crippen molar-refractivity contribution < 1.29 is 9.21 Å². The summed E-state index contributed by atoms with van der Waals surface area (Å²) in [6, 6.07) is 18.9. The molecule has 3 nitrogen and oxygen atoms in total. The van der Waals surface area contributed by atoms with Gasteiger partial charge in [0.2, 0.25) is 5.91 Å². The van der Waals surface area contributed by atoms with Crippen LogP contribution < -0.4 is 5.32 Å². The predicted octanol–water partition coefficient (Wildman–Crippen LogP) is 5.56. The van der Waals surface area contributed by atoms with Gasteiger partial charge in [0.05, 0.1) is 0 Å². The Balaban J connectivity index is 1.69. The summed E-state index contributed by atoms with van der Waals surface area (Å²) in [5.74, 6) is 1.14. The van der Waals surface area contributed by atoms with E-state index < -0.39 is 0 Å². The predicted molar refractivity (Wildman–Crippen MR) is 98.0 cm³/mol. The summed E-state index contributed by atoms with van der Waals surface area (Å²) in [5.41, 5.74) is 2.64. The number of halogens is 1. The largest absolute Gasteiger partial charge is 0.457 e. The number of hydrogen-bond donors (Lipinski definition) is 1. The quantitative estimate of drug-likeness (QED) is 0.633. The lowest BCUT2D eigenvalue weighted by atomic mass is 10.2. The number of anilines is 1. The second-order valence-electron chi connectivity index (χ2n) is 5.35. The van der Waals surface area contributed by atoms with Crippen LogP contribution in [0.3, 0.4) is 0 Å². The molecule has 0 saturated carbocycles. The average Bonchev–Trinajstić information content (AvgIpc) is 3.06. The molecule has 4 heteroatoms. The molecule has 0 aliphatic heterocycles. The van der Waals surface area contributed by atoms with E-state index in [1.807, 2.05) is 55.5 Å². The van der Waals surface area contributed by atoms with Crippen LogP contribution in [0, 0.1) is 6.92 Å². The second-order valence-corrected chi connectivity index (χ2v) is 5.79. The highest BCUT2D eigenvalue weighted by atomic mass is 35.5. The lowest BCUT2D eigenvalue weighted by Gasteiger charge is -2.06. The highest BCUT2D eigenvalue weighted by molar-refractivity contribution is 6.31. The maximum absolute atomic E-state index is 12.0. The molecule has 0 saturated heterocycles. The number of nitrogens with one attached hydrogen (secondary N) is 1. The van der Waals surface area contributed by atoms with Crippen LogP contribution in [0.2, 0.25) is 5.02 Å². The van der Waals surface area contributed by atoms with E-state index in [4.69, 9.17) is 16.0 Å². The molecule has 0 fully saturated rings. The molecule has 3 aromatic rings. The van der Waals surface area contributed by atoms with Crippen LogP contribution in [-0.2, 0) is 4.79 Å². The van der Waals surface area contributed by atoms with Gasteiger partial charge in [-0.15, -0.1) is 0 Å². The van der Waals surface area contributed by atoms with E-state index >= 15 is 0 Å². The van der Waals surface area contributed by atoms with Crippen molar-refractivity contribution in [2.45, 2.75) is 6.92 Å². The van der Waals surface area contributed by atoms with E-state index in [9.17, 15) is 4.79 Å². The number of furan rings is 1. The Hall–Kier alpha value is -2.78. The maximum atomic E-state index is 12.0. The molecule has 0 spiro atoms. The van der Waals surface area contributed by atoms with Crippen LogP contribution in [0.4, 0.5) is 5.69 Å². The van der Waals surface area contributed by atoms with E-state index in [-0.39, 0.29) is 5.91 Å². The fraction of sp³-hybridized carbons (Fsp3) is 0.0500. The minimum Gasteiger partial charge on any atom is -0.457 e. The molecule has 0 aliphatic rings. The smallest absolute Gasteiger partial charge is 0.248 e. The molecule has 24 heavy (non-hydrogen) atoms. The van der Waals surface area contributed by atoms with Gasteiger partial charge >= 0.3 is 0 Å². The van der Waals surface area contributed by atoms with Crippen molar-refractivity contribution in [3.8, 4) is 11.3 Å². The third-order valence-electron chi connectivity index (χ3n) is 3.54. The average molecular weight is 338 g/mol. The number of amides is 1. The second kappa shape index (κ2) is 7.20. The first kappa shape index (κ1) is 16.1. The lowest BCUT2D eigenvalue weighted by molar-refractivity contribution is -0.111. The zero-order chi connectivity index (χ0) is 16.9. The van der Waals surface area contributed by atoms with Gasteiger partial charge in [-0.05, 0) is 42.8 Å².